The minimum Gasteiger partial charge on any atom is -0.397 e. The van der Waals surface area contributed by atoms with Gasteiger partial charge in [-0.1, -0.05) is 0 Å². The maximum Gasteiger partial charge on any atom is 0.272 e. The molecule has 0 aliphatic heterocycles. The number of anilines is 2. The molecule has 0 saturated carbocycles. The Balaban J connectivity index is 2.18. The highest BCUT2D eigenvalue weighted by atomic mass is 16.1. The number of aromatic amines is 1. The van der Waals surface area contributed by atoms with E-state index in [-0.39, 0.29) is 5.91 Å². The summed E-state index contributed by atoms with van der Waals surface area (Å²) in [6, 6.07) is 1.62. The Bertz CT molecular complexity index is 471. The summed E-state index contributed by atoms with van der Waals surface area (Å²) in [6.07, 6.45) is 4.82. The van der Waals surface area contributed by atoms with Gasteiger partial charge in [-0.3, -0.25) is 9.89 Å². The van der Waals surface area contributed by atoms with Gasteiger partial charge < -0.3 is 15.6 Å². The molecule has 4 N–H and O–H groups in total. The molecular weight excluding hydrogens is 194 g/mol. The Labute approximate surface area is 86.1 Å². The predicted octanol–water partition coefficient (Wildman–Crippen LogP) is 0.583. The number of nitrogens with one attached hydrogen (secondary N) is 2. The fourth-order valence-corrected chi connectivity index (χ4v) is 1.33. The Morgan fingerprint density at radius 3 is 3.00 bits per heavy atom. The van der Waals surface area contributed by atoms with Gasteiger partial charge in [0.15, 0.2) is 0 Å². The van der Waals surface area contributed by atoms with Crippen LogP contribution in [-0.2, 0) is 7.05 Å². The van der Waals surface area contributed by atoms with Crippen molar-refractivity contribution in [2.75, 3.05) is 11.1 Å². The number of carbonyl (C=O) groups excluding carboxylic acids is 1. The van der Waals surface area contributed by atoms with E-state index in [4.69, 9.17) is 5.73 Å². The molecule has 2 aromatic heterocycles. The van der Waals surface area contributed by atoms with Gasteiger partial charge in [0.25, 0.3) is 5.91 Å². The van der Waals surface area contributed by atoms with Gasteiger partial charge in [-0.25, -0.2) is 0 Å². The molecule has 0 radical (unpaired) electrons. The van der Waals surface area contributed by atoms with E-state index in [0.29, 0.717) is 17.1 Å². The van der Waals surface area contributed by atoms with Crippen molar-refractivity contribution in [2.24, 2.45) is 7.05 Å². The minimum absolute atomic E-state index is 0.212. The summed E-state index contributed by atoms with van der Waals surface area (Å²) in [5.41, 5.74) is 7.27. The first kappa shape index (κ1) is 9.32. The summed E-state index contributed by atoms with van der Waals surface area (Å²) in [4.78, 5) is 11.7. The Morgan fingerprint density at radius 2 is 2.47 bits per heavy atom. The Hall–Kier alpha value is -2.24. The summed E-state index contributed by atoms with van der Waals surface area (Å²) in [5, 5.41) is 9.02. The van der Waals surface area contributed by atoms with Gasteiger partial charge in [-0.2, -0.15) is 5.10 Å². The topological polar surface area (TPSA) is 88.7 Å². The summed E-state index contributed by atoms with van der Waals surface area (Å²) >= 11 is 0. The van der Waals surface area contributed by atoms with E-state index in [0.717, 1.165) is 0 Å². The van der Waals surface area contributed by atoms with Crippen LogP contribution in [0.4, 0.5) is 11.4 Å². The van der Waals surface area contributed by atoms with Crippen molar-refractivity contribution in [2.45, 2.75) is 0 Å². The van der Waals surface area contributed by atoms with E-state index in [2.05, 4.69) is 15.5 Å². The second kappa shape index (κ2) is 3.49. The monoisotopic (exact) mass is 205 g/mol. The molecule has 1 amide bonds. The van der Waals surface area contributed by atoms with E-state index in [1.54, 1.807) is 30.1 Å². The number of nitrogens with two attached hydrogens (primary N) is 1. The average Bonchev–Trinajstić information content (AvgIpc) is 2.75. The molecule has 2 aromatic rings. The minimum atomic E-state index is -0.212. The highest BCUT2D eigenvalue weighted by Crippen LogP contribution is 2.11. The quantitative estimate of drug-likeness (QED) is 0.670. The van der Waals surface area contributed by atoms with Gasteiger partial charge in [0.2, 0.25) is 0 Å². The molecule has 2 rings (SSSR count). The number of hydrogen-bond donors (Lipinski definition) is 3. The Morgan fingerprint density at radius 1 is 1.67 bits per heavy atom. The van der Waals surface area contributed by atoms with Crippen molar-refractivity contribution in [3.8, 4) is 0 Å². The zero-order valence-electron chi connectivity index (χ0n) is 8.19. The van der Waals surface area contributed by atoms with Crippen LogP contribution in [0.2, 0.25) is 0 Å². The first-order chi connectivity index (χ1) is 7.16. The largest absolute Gasteiger partial charge is 0.397 e. The molecule has 0 spiro atoms. The normalized spacial score (nSPS) is 10.2. The molecule has 0 aromatic carbocycles. The van der Waals surface area contributed by atoms with Crippen LogP contribution in [0.1, 0.15) is 10.5 Å². The number of nitrogens with zero attached hydrogens (tertiary/aromatic N) is 2. The summed E-state index contributed by atoms with van der Waals surface area (Å²) in [5.74, 6) is -0.212. The molecule has 2 heterocycles. The number of aromatic nitrogens is 3. The molecule has 0 unspecified atom stereocenters. The lowest BCUT2D eigenvalue weighted by molar-refractivity contribution is 0.101. The molecule has 0 aliphatic carbocycles. The first-order valence-electron chi connectivity index (χ1n) is 4.39. The number of carbonyl (C=O) groups is 1. The van der Waals surface area contributed by atoms with Crippen molar-refractivity contribution in [3.63, 3.8) is 0 Å². The van der Waals surface area contributed by atoms with Gasteiger partial charge in [-0.15, -0.1) is 0 Å². The summed E-state index contributed by atoms with van der Waals surface area (Å²) < 4.78 is 1.67. The molecule has 0 saturated heterocycles. The van der Waals surface area contributed by atoms with Crippen molar-refractivity contribution in [1.29, 1.82) is 0 Å². The van der Waals surface area contributed by atoms with E-state index >= 15 is 0 Å². The van der Waals surface area contributed by atoms with Gasteiger partial charge in [-0.05, 0) is 6.07 Å². The number of nitrogen functional groups attached to an aromatic ring is 1. The number of aryl methyl sites for hydroxylation is 1. The van der Waals surface area contributed by atoms with Crippen LogP contribution in [-0.4, -0.2) is 20.7 Å². The number of rotatable bonds is 2. The lowest BCUT2D eigenvalue weighted by Crippen LogP contribution is -2.14. The molecule has 0 aliphatic rings. The van der Waals surface area contributed by atoms with E-state index in [1.165, 1.54) is 6.20 Å². The number of amides is 1. The van der Waals surface area contributed by atoms with Crippen LogP contribution in [0.15, 0.2) is 24.7 Å². The molecule has 0 bridgehead atoms. The number of hydrogen-bond acceptors (Lipinski definition) is 3. The zero-order valence-corrected chi connectivity index (χ0v) is 8.19. The first-order valence-corrected chi connectivity index (χ1v) is 4.39. The fourth-order valence-electron chi connectivity index (χ4n) is 1.33. The van der Waals surface area contributed by atoms with Crippen molar-refractivity contribution < 1.29 is 4.79 Å². The second-order valence-corrected chi connectivity index (χ2v) is 3.21. The zero-order chi connectivity index (χ0) is 10.8. The van der Waals surface area contributed by atoms with Crippen LogP contribution in [0, 0.1) is 0 Å². The third kappa shape index (κ3) is 1.83. The molecule has 0 fully saturated rings. The maximum absolute atomic E-state index is 11.7. The highest BCUT2D eigenvalue weighted by molar-refractivity contribution is 6.03. The van der Waals surface area contributed by atoms with Crippen LogP contribution >= 0.6 is 0 Å². The van der Waals surface area contributed by atoms with Crippen molar-refractivity contribution in [3.05, 3.63) is 30.4 Å². The molecular formula is C9H11N5O. The highest BCUT2D eigenvalue weighted by Gasteiger charge is 2.11. The van der Waals surface area contributed by atoms with Crippen molar-refractivity contribution >= 4 is 17.3 Å². The molecule has 0 atom stereocenters. The van der Waals surface area contributed by atoms with Crippen molar-refractivity contribution in [1.82, 2.24) is 14.8 Å². The van der Waals surface area contributed by atoms with E-state index in [9.17, 15) is 4.79 Å². The van der Waals surface area contributed by atoms with Crippen LogP contribution < -0.4 is 11.1 Å². The lowest BCUT2D eigenvalue weighted by atomic mass is 10.3. The third-order valence-electron chi connectivity index (χ3n) is 2.01. The average molecular weight is 205 g/mol. The smallest absolute Gasteiger partial charge is 0.272 e. The number of H-pyrrole nitrogens is 1. The third-order valence-corrected chi connectivity index (χ3v) is 2.01. The van der Waals surface area contributed by atoms with Gasteiger partial charge in [0.05, 0.1) is 17.6 Å². The molecule has 15 heavy (non-hydrogen) atoms. The molecule has 78 valence electrons. The van der Waals surface area contributed by atoms with Crippen LogP contribution in [0.5, 0.6) is 0 Å². The standard InChI is InChI=1S/C9H11N5O/c1-14-5-6(10)2-8(14)9(15)13-7-3-11-12-4-7/h2-5H,10H2,1H3,(H,11,12)(H,13,15). The van der Waals surface area contributed by atoms with E-state index in [1.807, 2.05) is 0 Å². The Kier molecular flexibility index (Phi) is 2.17. The maximum atomic E-state index is 11.7. The molecule has 6 nitrogen and oxygen atoms in total. The van der Waals surface area contributed by atoms with Crippen LogP contribution in [0.3, 0.4) is 0 Å². The fraction of sp³-hybridized carbons (Fsp3) is 0.111. The SMILES string of the molecule is Cn1cc(N)cc1C(=O)Nc1cn[nH]c1. The lowest BCUT2D eigenvalue weighted by Gasteiger charge is -2.02. The summed E-state index contributed by atoms with van der Waals surface area (Å²) in [7, 11) is 1.76. The van der Waals surface area contributed by atoms with Gasteiger partial charge >= 0.3 is 0 Å². The summed E-state index contributed by atoms with van der Waals surface area (Å²) in [6.45, 7) is 0. The van der Waals surface area contributed by atoms with Crippen LogP contribution in [0.25, 0.3) is 0 Å². The van der Waals surface area contributed by atoms with Gasteiger partial charge in [0, 0.05) is 19.4 Å². The van der Waals surface area contributed by atoms with E-state index < -0.39 is 0 Å². The molecule has 6 heteroatoms. The van der Waals surface area contributed by atoms with Gasteiger partial charge in [0.1, 0.15) is 5.69 Å². The predicted molar refractivity (Wildman–Crippen MR) is 56.4 cm³/mol. The second-order valence-electron chi connectivity index (χ2n) is 3.21.